The minimum Gasteiger partial charge on any atom is -0.338 e. The van der Waals surface area contributed by atoms with Crippen molar-refractivity contribution in [2.75, 3.05) is 12.3 Å². The van der Waals surface area contributed by atoms with Gasteiger partial charge in [-0.1, -0.05) is 24.6 Å². The SMILES string of the molecule is CCNC(=O)NC1CCCCC1N1C(=O)CSC1=O. The number of hydrogen-bond donors (Lipinski definition) is 2. The molecule has 7 heteroatoms. The monoisotopic (exact) mass is 285 g/mol. The lowest BCUT2D eigenvalue weighted by Crippen LogP contribution is -2.56. The smallest absolute Gasteiger partial charge is 0.315 e. The van der Waals surface area contributed by atoms with Crippen molar-refractivity contribution in [1.29, 1.82) is 0 Å². The Morgan fingerprint density at radius 3 is 2.74 bits per heavy atom. The van der Waals surface area contributed by atoms with Gasteiger partial charge in [-0.25, -0.2) is 4.79 Å². The van der Waals surface area contributed by atoms with Gasteiger partial charge in [0.25, 0.3) is 5.24 Å². The Kier molecular flexibility index (Phi) is 4.68. The normalized spacial score (nSPS) is 27.5. The fourth-order valence-corrected chi connectivity index (χ4v) is 3.42. The molecule has 0 spiro atoms. The zero-order valence-corrected chi connectivity index (χ0v) is 11.8. The fourth-order valence-electron chi connectivity index (χ4n) is 2.65. The van der Waals surface area contributed by atoms with Gasteiger partial charge in [-0.3, -0.25) is 14.5 Å². The van der Waals surface area contributed by atoms with E-state index < -0.39 is 0 Å². The maximum atomic E-state index is 11.8. The van der Waals surface area contributed by atoms with Crippen LogP contribution >= 0.6 is 11.8 Å². The zero-order valence-electron chi connectivity index (χ0n) is 11.0. The summed E-state index contributed by atoms with van der Waals surface area (Å²) in [5.41, 5.74) is 0. The molecule has 2 rings (SSSR count). The van der Waals surface area contributed by atoms with E-state index >= 15 is 0 Å². The lowest BCUT2D eigenvalue weighted by Gasteiger charge is -2.36. The molecule has 1 saturated heterocycles. The first-order valence-electron chi connectivity index (χ1n) is 6.66. The maximum Gasteiger partial charge on any atom is 0.315 e. The van der Waals surface area contributed by atoms with Crippen LogP contribution in [0.4, 0.5) is 9.59 Å². The van der Waals surface area contributed by atoms with Gasteiger partial charge in [0.1, 0.15) is 0 Å². The number of carbonyl (C=O) groups excluding carboxylic acids is 3. The average molecular weight is 285 g/mol. The highest BCUT2D eigenvalue weighted by Gasteiger charge is 2.41. The van der Waals surface area contributed by atoms with Crippen LogP contribution in [0.2, 0.25) is 0 Å². The van der Waals surface area contributed by atoms with Crippen molar-refractivity contribution in [3.05, 3.63) is 0 Å². The van der Waals surface area contributed by atoms with Crippen LogP contribution in [0.1, 0.15) is 32.6 Å². The van der Waals surface area contributed by atoms with Crippen LogP contribution in [0.25, 0.3) is 0 Å². The molecule has 2 fully saturated rings. The molecule has 1 saturated carbocycles. The molecule has 2 unspecified atom stereocenters. The first-order valence-corrected chi connectivity index (χ1v) is 7.65. The first-order chi connectivity index (χ1) is 9.13. The van der Waals surface area contributed by atoms with E-state index in [0.29, 0.717) is 6.54 Å². The molecular weight excluding hydrogens is 266 g/mol. The molecule has 0 aromatic heterocycles. The van der Waals surface area contributed by atoms with Crippen LogP contribution in [0.5, 0.6) is 0 Å². The van der Waals surface area contributed by atoms with Gasteiger partial charge in [-0.15, -0.1) is 0 Å². The summed E-state index contributed by atoms with van der Waals surface area (Å²) in [6.45, 7) is 2.41. The minimum atomic E-state index is -0.230. The van der Waals surface area contributed by atoms with E-state index in [1.54, 1.807) is 0 Å². The van der Waals surface area contributed by atoms with E-state index in [2.05, 4.69) is 10.6 Å². The summed E-state index contributed by atoms with van der Waals surface area (Å²) in [5.74, 6) is 0.0908. The Labute approximate surface area is 116 Å². The molecular formula is C12H19N3O3S. The first kappa shape index (κ1) is 14.2. The van der Waals surface area contributed by atoms with Crippen molar-refractivity contribution in [1.82, 2.24) is 15.5 Å². The molecule has 1 aliphatic carbocycles. The summed E-state index contributed by atoms with van der Waals surface area (Å²) in [6.07, 6.45) is 3.58. The summed E-state index contributed by atoms with van der Waals surface area (Å²) in [5, 5.41) is 5.38. The van der Waals surface area contributed by atoms with Crippen molar-refractivity contribution < 1.29 is 14.4 Å². The van der Waals surface area contributed by atoms with Crippen LogP contribution < -0.4 is 10.6 Å². The van der Waals surface area contributed by atoms with Crippen LogP contribution in [0, 0.1) is 0 Å². The molecule has 2 N–H and O–H groups in total. The Morgan fingerprint density at radius 1 is 1.37 bits per heavy atom. The highest BCUT2D eigenvalue weighted by Crippen LogP contribution is 2.29. The van der Waals surface area contributed by atoms with E-state index in [4.69, 9.17) is 0 Å². The molecule has 2 aliphatic rings. The van der Waals surface area contributed by atoms with E-state index in [1.807, 2.05) is 6.92 Å². The molecule has 2 atom stereocenters. The third kappa shape index (κ3) is 3.20. The largest absolute Gasteiger partial charge is 0.338 e. The number of hydrogen-bond acceptors (Lipinski definition) is 4. The topological polar surface area (TPSA) is 78.5 Å². The van der Waals surface area contributed by atoms with Crippen molar-refractivity contribution in [3.8, 4) is 0 Å². The Bertz CT molecular complexity index is 372. The van der Waals surface area contributed by atoms with Gasteiger partial charge in [0.2, 0.25) is 5.91 Å². The molecule has 0 aromatic carbocycles. The molecule has 6 nitrogen and oxygen atoms in total. The third-order valence-electron chi connectivity index (χ3n) is 3.50. The van der Waals surface area contributed by atoms with E-state index in [-0.39, 0.29) is 35.0 Å². The molecule has 4 amide bonds. The van der Waals surface area contributed by atoms with Crippen molar-refractivity contribution in [2.45, 2.75) is 44.7 Å². The number of nitrogens with zero attached hydrogens (tertiary/aromatic N) is 1. The third-order valence-corrected chi connectivity index (χ3v) is 4.33. The van der Waals surface area contributed by atoms with Gasteiger partial charge in [-0.05, 0) is 19.8 Å². The standard InChI is InChI=1S/C12H19N3O3S/c1-2-13-11(17)14-8-5-3-4-6-9(8)15-10(16)7-19-12(15)18/h8-9H,2-7H2,1H3,(H2,13,14,17). The second-order valence-corrected chi connectivity index (χ2v) is 5.71. The number of amides is 4. The summed E-state index contributed by atoms with van der Waals surface area (Å²) in [4.78, 5) is 36.5. The fraction of sp³-hybridized carbons (Fsp3) is 0.750. The highest BCUT2D eigenvalue weighted by atomic mass is 32.2. The molecule has 106 valence electrons. The van der Waals surface area contributed by atoms with Gasteiger partial charge in [0.05, 0.1) is 17.8 Å². The van der Waals surface area contributed by atoms with Crippen LogP contribution in [-0.4, -0.2) is 46.5 Å². The highest BCUT2D eigenvalue weighted by molar-refractivity contribution is 8.14. The van der Waals surface area contributed by atoms with Crippen LogP contribution in [0.3, 0.4) is 0 Å². The van der Waals surface area contributed by atoms with Gasteiger partial charge < -0.3 is 10.6 Å². The second kappa shape index (κ2) is 6.27. The number of urea groups is 1. The molecule has 19 heavy (non-hydrogen) atoms. The van der Waals surface area contributed by atoms with E-state index in [1.165, 1.54) is 4.90 Å². The molecule has 1 heterocycles. The Morgan fingerprint density at radius 2 is 2.11 bits per heavy atom. The van der Waals surface area contributed by atoms with Gasteiger partial charge in [0.15, 0.2) is 0 Å². The molecule has 1 aliphatic heterocycles. The van der Waals surface area contributed by atoms with Crippen molar-refractivity contribution in [2.24, 2.45) is 0 Å². The van der Waals surface area contributed by atoms with Crippen LogP contribution in [0.15, 0.2) is 0 Å². The van der Waals surface area contributed by atoms with Gasteiger partial charge in [-0.2, -0.15) is 0 Å². The maximum absolute atomic E-state index is 11.8. The minimum absolute atomic E-state index is 0.133. The molecule has 0 radical (unpaired) electrons. The summed E-state index contributed by atoms with van der Waals surface area (Å²) >= 11 is 1.05. The number of nitrogens with one attached hydrogen (secondary N) is 2. The van der Waals surface area contributed by atoms with E-state index in [0.717, 1.165) is 37.4 Å². The van der Waals surface area contributed by atoms with Crippen LogP contribution in [-0.2, 0) is 4.79 Å². The lowest BCUT2D eigenvalue weighted by atomic mass is 9.89. The number of imide groups is 1. The number of thioether (sulfide) groups is 1. The summed E-state index contributed by atoms with van der Waals surface area (Å²) < 4.78 is 0. The van der Waals surface area contributed by atoms with Gasteiger partial charge >= 0.3 is 6.03 Å². The number of carbonyl (C=O) groups is 3. The predicted octanol–water partition coefficient (Wildman–Crippen LogP) is 1.31. The van der Waals surface area contributed by atoms with Gasteiger partial charge in [0, 0.05) is 6.54 Å². The molecule has 0 aromatic rings. The zero-order chi connectivity index (χ0) is 13.8. The summed E-state index contributed by atoms with van der Waals surface area (Å²) in [6, 6.07) is -0.551. The second-order valence-electron chi connectivity index (χ2n) is 4.78. The Balaban J connectivity index is 2.05. The number of rotatable bonds is 3. The lowest BCUT2D eigenvalue weighted by molar-refractivity contribution is -0.127. The van der Waals surface area contributed by atoms with Crippen molar-refractivity contribution >= 4 is 28.9 Å². The Hall–Kier alpha value is -1.24. The van der Waals surface area contributed by atoms with E-state index in [9.17, 15) is 14.4 Å². The quantitative estimate of drug-likeness (QED) is 0.819. The average Bonchev–Trinajstić information content (AvgIpc) is 2.70. The van der Waals surface area contributed by atoms with Crippen molar-refractivity contribution in [3.63, 3.8) is 0 Å². The summed E-state index contributed by atoms with van der Waals surface area (Å²) in [7, 11) is 0. The molecule has 0 bridgehead atoms. The predicted molar refractivity (Wildman–Crippen MR) is 73.0 cm³/mol.